The van der Waals surface area contributed by atoms with E-state index in [9.17, 15) is 9.59 Å². The van der Waals surface area contributed by atoms with Gasteiger partial charge in [0.15, 0.2) is 23.4 Å². The van der Waals surface area contributed by atoms with E-state index in [-0.39, 0.29) is 35.4 Å². The largest absolute Gasteiger partial charge is 0.467 e. The van der Waals surface area contributed by atoms with Gasteiger partial charge in [0.2, 0.25) is 5.91 Å². The minimum Gasteiger partial charge on any atom is -0.467 e. The molecule has 0 fully saturated rings. The monoisotopic (exact) mass is 477 g/mol. The van der Waals surface area contributed by atoms with Gasteiger partial charge in [-0.05, 0) is 52.3 Å². The molecule has 0 aliphatic heterocycles. The summed E-state index contributed by atoms with van der Waals surface area (Å²) in [5.74, 6) is -0.0613. The van der Waals surface area contributed by atoms with Crippen molar-refractivity contribution in [2.45, 2.75) is 13.2 Å². The van der Waals surface area contributed by atoms with Crippen molar-refractivity contribution in [3.8, 4) is 5.75 Å². The minimum atomic E-state index is -0.741. The van der Waals surface area contributed by atoms with E-state index in [1.165, 1.54) is 0 Å². The number of carbonyl (C=O) groups is 2. The zero-order valence-electron chi connectivity index (χ0n) is 18.3. The lowest BCUT2D eigenvalue weighted by Crippen LogP contribution is -2.36. The molecule has 2 aromatic heterocycles. The van der Waals surface area contributed by atoms with Gasteiger partial charge in [-0.3, -0.25) is 14.9 Å². The second-order valence-electron chi connectivity index (χ2n) is 7.53. The number of ketones is 1. The Morgan fingerprint density at radius 1 is 1.25 bits per heavy atom. The van der Waals surface area contributed by atoms with Crippen molar-refractivity contribution in [3.05, 3.63) is 63.5 Å². The predicted octanol–water partition coefficient (Wildman–Crippen LogP) is 3.11. The van der Waals surface area contributed by atoms with E-state index in [1.807, 2.05) is 29.8 Å². The zero-order valence-corrected chi connectivity index (χ0v) is 19.8. The van der Waals surface area contributed by atoms with Crippen LogP contribution in [-0.2, 0) is 4.79 Å². The summed E-state index contributed by atoms with van der Waals surface area (Å²) in [6, 6.07) is 6.77. The molecular formula is C22H25Cl2N5O3. The average Bonchev–Trinajstić information content (AvgIpc) is 3.12. The maximum absolute atomic E-state index is 12.7. The standard InChI is InChI=1S/C22H25Cl2N5O3/c1-13-11-29-9-5-6-17(21(29)27-13)32-22(25-2)19-15(23)8-7-14(20(19)24)16(30)10-26-18(31)12-28(3)4/h5-9,11,22,25H,10,12H2,1-4H3,(H,26,31). The first-order valence-corrected chi connectivity index (χ1v) is 10.7. The van der Waals surface area contributed by atoms with Crippen LogP contribution in [0.4, 0.5) is 0 Å². The second kappa shape index (κ2) is 10.3. The van der Waals surface area contributed by atoms with Crippen molar-refractivity contribution in [1.29, 1.82) is 0 Å². The number of likely N-dealkylation sites (N-methyl/N-ethyl adjacent to an activating group) is 1. The number of fused-ring (bicyclic) bond motifs is 1. The molecule has 1 unspecified atom stereocenters. The molecule has 0 saturated heterocycles. The maximum Gasteiger partial charge on any atom is 0.234 e. The summed E-state index contributed by atoms with van der Waals surface area (Å²) < 4.78 is 8.02. The number of aromatic nitrogens is 2. The first-order chi connectivity index (χ1) is 15.2. The fourth-order valence-corrected chi connectivity index (χ4v) is 3.91. The number of halogens is 2. The van der Waals surface area contributed by atoms with Gasteiger partial charge in [-0.1, -0.05) is 23.2 Å². The van der Waals surface area contributed by atoms with Crippen LogP contribution in [0.5, 0.6) is 5.75 Å². The lowest BCUT2D eigenvalue weighted by Gasteiger charge is -2.22. The van der Waals surface area contributed by atoms with Crippen molar-refractivity contribution < 1.29 is 14.3 Å². The summed E-state index contributed by atoms with van der Waals surface area (Å²) in [5.41, 5.74) is 2.16. The average molecular weight is 478 g/mol. The lowest BCUT2D eigenvalue weighted by atomic mass is 10.1. The highest BCUT2D eigenvalue weighted by atomic mass is 35.5. The first kappa shape index (κ1) is 24.0. The van der Waals surface area contributed by atoms with Crippen LogP contribution in [0.25, 0.3) is 5.65 Å². The van der Waals surface area contributed by atoms with Crippen molar-refractivity contribution in [2.75, 3.05) is 34.2 Å². The number of imidazole rings is 1. The summed E-state index contributed by atoms with van der Waals surface area (Å²) in [6.45, 7) is 1.90. The topological polar surface area (TPSA) is 88.0 Å². The third-order valence-corrected chi connectivity index (χ3v) is 5.41. The molecule has 170 valence electrons. The Kier molecular flexibility index (Phi) is 7.73. The molecule has 32 heavy (non-hydrogen) atoms. The molecule has 2 N–H and O–H groups in total. The molecule has 2 heterocycles. The zero-order chi connectivity index (χ0) is 23.4. The molecule has 0 radical (unpaired) electrons. The van der Waals surface area contributed by atoms with Crippen LogP contribution in [0.3, 0.4) is 0 Å². The molecule has 10 heteroatoms. The van der Waals surface area contributed by atoms with Gasteiger partial charge in [0.1, 0.15) is 0 Å². The Bertz CT molecular complexity index is 1150. The van der Waals surface area contributed by atoms with Crippen LogP contribution in [0.1, 0.15) is 27.8 Å². The van der Waals surface area contributed by atoms with Crippen LogP contribution in [0, 0.1) is 6.92 Å². The molecule has 0 saturated carbocycles. The number of amides is 1. The number of nitrogens with one attached hydrogen (secondary N) is 2. The van der Waals surface area contributed by atoms with Crippen LogP contribution in [0.15, 0.2) is 36.7 Å². The number of nitrogens with zero attached hydrogens (tertiary/aromatic N) is 3. The van der Waals surface area contributed by atoms with Gasteiger partial charge in [0.05, 0.1) is 28.8 Å². The molecule has 3 aromatic rings. The number of aryl methyl sites for hydroxylation is 1. The van der Waals surface area contributed by atoms with Gasteiger partial charge in [0, 0.05) is 23.5 Å². The molecule has 0 aliphatic carbocycles. The van der Waals surface area contributed by atoms with Gasteiger partial charge >= 0.3 is 0 Å². The van der Waals surface area contributed by atoms with Crippen LogP contribution < -0.4 is 15.4 Å². The minimum absolute atomic E-state index is 0.162. The number of ether oxygens (including phenoxy) is 1. The van der Waals surface area contributed by atoms with Crippen molar-refractivity contribution in [1.82, 2.24) is 24.9 Å². The molecule has 1 amide bonds. The number of rotatable bonds is 9. The highest BCUT2D eigenvalue weighted by molar-refractivity contribution is 6.38. The molecule has 0 aliphatic rings. The Balaban J connectivity index is 1.87. The van der Waals surface area contributed by atoms with E-state index in [4.69, 9.17) is 27.9 Å². The highest BCUT2D eigenvalue weighted by Gasteiger charge is 2.24. The van der Waals surface area contributed by atoms with E-state index in [1.54, 1.807) is 44.2 Å². The maximum atomic E-state index is 12.7. The molecule has 1 aromatic carbocycles. The highest BCUT2D eigenvalue weighted by Crippen LogP contribution is 2.35. The van der Waals surface area contributed by atoms with Gasteiger partial charge in [0.25, 0.3) is 0 Å². The normalized spacial score (nSPS) is 12.2. The summed E-state index contributed by atoms with van der Waals surface area (Å²) in [6.07, 6.45) is 3.02. The number of hydrogen-bond acceptors (Lipinski definition) is 6. The number of hydrogen-bond donors (Lipinski definition) is 2. The third-order valence-electron chi connectivity index (χ3n) is 4.67. The Morgan fingerprint density at radius 3 is 2.69 bits per heavy atom. The number of Topliss-reactive ketones (excluding diaryl/α,β-unsaturated/α-hetero) is 1. The van der Waals surface area contributed by atoms with Crippen molar-refractivity contribution in [2.24, 2.45) is 0 Å². The van der Waals surface area contributed by atoms with Gasteiger partial charge in [-0.15, -0.1) is 0 Å². The van der Waals surface area contributed by atoms with E-state index in [0.29, 0.717) is 22.0 Å². The van der Waals surface area contributed by atoms with Crippen LogP contribution >= 0.6 is 23.2 Å². The SMILES string of the molecule is CNC(Oc1cccn2cc(C)nc12)c1c(Cl)ccc(C(=O)CNC(=O)CN(C)C)c1Cl. The van der Waals surface area contributed by atoms with Gasteiger partial charge in [-0.25, -0.2) is 4.98 Å². The second-order valence-corrected chi connectivity index (χ2v) is 8.32. The van der Waals surface area contributed by atoms with E-state index in [0.717, 1.165) is 5.69 Å². The number of carbonyl (C=O) groups excluding carboxylic acids is 2. The van der Waals surface area contributed by atoms with E-state index >= 15 is 0 Å². The van der Waals surface area contributed by atoms with E-state index in [2.05, 4.69) is 15.6 Å². The molecule has 1 atom stereocenters. The number of benzene rings is 1. The van der Waals surface area contributed by atoms with Gasteiger partial charge < -0.3 is 19.4 Å². The summed E-state index contributed by atoms with van der Waals surface area (Å²) in [7, 11) is 5.24. The first-order valence-electron chi connectivity index (χ1n) is 9.92. The molecule has 0 bridgehead atoms. The van der Waals surface area contributed by atoms with E-state index < -0.39 is 6.23 Å². The molecule has 3 rings (SSSR count). The molecule has 0 spiro atoms. The third kappa shape index (κ3) is 5.39. The Morgan fingerprint density at radius 2 is 2.00 bits per heavy atom. The fourth-order valence-electron chi connectivity index (χ4n) is 3.23. The lowest BCUT2D eigenvalue weighted by molar-refractivity contribution is -0.121. The van der Waals surface area contributed by atoms with Crippen LogP contribution in [0.2, 0.25) is 10.0 Å². The smallest absolute Gasteiger partial charge is 0.234 e. The van der Waals surface area contributed by atoms with Crippen LogP contribution in [-0.4, -0.2) is 60.2 Å². The quantitative estimate of drug-likeness (QED) is 0.363. The summed E-state index contributed by atoms with van der Waals surface area (Å²) >= 11 is 13.0. The van der Waals surface area contributed by atoms with Crippen molar-refractivity contribution in [3.63, 3.8) is 0 Å². The summed E-state index contributed by atoms with van der Waals surface area (Å²) in [4.78, 5) is 30.8. The molecular weight excluding hydrogens is 453 g/mol. The fraction of sp³-hybridized carbons (Fsp3) is 0.318. The molecule has 8 nitrogen and oxygen atoms in total. The van der Waals surface area contributed by atoms with Gasteiger partial charge in [-0.2, -0.15) is 0 Å². The Labute approximate surface area is 196 Å². The summed E-state index contributed by atoms with van der Waals surface area (Å²) in [5, 5.41) is 6.15. The Hall–Kier alpha value is -2.65. The number of pyridine rings is 1. The predicted molar refractivity (Wildman–Crippen MR) is 125 cm³/mol. The van der Waals surface area contributed by atoms with Crippen molar-refractivity contribution >= 4 is 40.5 Å².